The molecule has 3 aromatic rings. The van der Waals surface area contributed by atoms with Crippen molar-refractivity contribution >= 4 is 5.91 Å². The molecule has 0 N–H and O–H groups in total. The molecule has 6 nitrogen and oxygen atoms in total. The first-order valence-electron chi connectivity index (χ1n) is 11.9. The summed E-state index contributed by atoms with van der Waals surface area (Å²) >= 11 is 0. The van der Waals surface area contributed by atoms with Crippen molar-refractivity contribution in [3.05, 3.63) is 83.3 Å². The molecule has 34 heavy (non-hydrogen) atoms. The van der Waals surface area contributed by atoms with E-state index >= 15 is 0 Å². The lowest BCUT2D eigenvalue weighted by Crippen LogP contribution is -2.37. The number of piperidine rings is 1. The van der Waals surface area contributed by atoms with Crippen molar-refractivity contribution in [1.29, 1.82) is 0 Å². The molecule has 1 amide bonds. The molecule has 0 aliphatic carbocycles. The van der Waals surface area contributed by atoms with E-state index < -0.39 is 0 Å². The number of ether oxygens (including phenoxy) is 2. The fourth-order valence-electron chi connectivity index (χ4n) is 4.41. The number of carbonyl (C=O) groups excluding carboxylic acids is 1. The molecule has 1 fully saturated rings. The van der Waals surface area contributed by atoms with Crippen LogP contribution in [-0.2, 0) is 19.6 Å². The van der Waals surface area contributed by atoms with Gasteiger partial charge in [0.1, 0.15) is 5.76 Å². The minimum Gasteiger partial charge on any atom is -0.493 e. The number of amides is 1. The van der Waals surface area contributed by atoms with Crippen LogP contribution in [0.2, 0.25) is 0 Å². The van der Waals surface area contributed by atoms with Gasteiger partial charge in [-0.15, -0.1) is 0 Å². The van der Waals surface area contributed by atoms with Crippen LogP contribution >= 0.6 is 0 Å². The van der Waals surface area contributed by atoms with Crippen molar-refractivity contribution in [1.82, 2.24) is 9.80 Å². The first-order chi connectivity index (χ1) is 16.6. The number of benzene rings is 2. The lowest BCUT2D eigenvalue weighted by atomic mass is 9.99. The van der Waals surface area contributed by atoms with Gasteiger partial charge < -0.3 is 18.8 Å². The predicted octanol–water partition coefficient (Wildman–Crippen LogP) is 5.37. The molecule has 1 saturated heterocycles. The van der Waals surface area contributed by atoms with Crippen LogP contribution in [0.15, 0.2) is 65.1 Å². The lowest BCUT2D eigenvalue weighted by molar-refractivity contribution is 0.0661. The average Bonchev–Trinajstić information content (AvgIpc) is 3.33. The zero-order valence-corrected chi connectivity index (χ0v) is 20.3. The Hall–Kier alpha value is -3.25. The van der Waals surface area contributed by atoms with E-state index in [2.05, 4.69) is 24.0 Å². The highest BCUT2D eigenvalue weighted by molar-refractivity contribution is 5.91. The van der Waals surface area contributed by atoms with E-state index in [-0.39, 0.29) is 5.91 Å². The van der Waals surface area contributed by atoms with Gasteiger partial charge in [0.2, 0.25) is 0 Å². The highest BCUT2D eigenvalue weighted by atomic mass is 16.5. The summed E-state index contributed by atoms with van der Waals surface area (Å²) in [6, 6.07) is 20.1. The number of furan rings is 1. The molecule has 6 heteroatoms. The number of hydrogen-bond acceptors (Lipinski definition) is 5. The topological polar surface area (TPSA) is 55.2 Å². The Balaban J connectivity index is 1.49. The fraction of sp³-hybridized carbons (Fsp3) is 0.393. The molecule has 2 aromatic carbocycles. The van der Waals surface area contributed by atoms with E-state index in [4.69, 9.17) is 13.9 Å². The number of likely N-dealkylation sites (tertiary alicyclic amines) is 1. The first-order valence-corrected chi connectivity index (χ1v) is 11.9. The highest BCUT2D eigenvalue weighted by Gasteiger charge is 2.24. The van der Waals surface area contributed by atoms with Crippen LogP contribution in [0.3, 0.4) is 0 Å². The zero-order chi connectivity index (χ0) is 23.9. The largest absolute Gasteiger partial charge is 0.493 e. The molecule has 0 atom stereocenters. The van der Waals surface area contributed by atoms with Crippen molar-refractivity contribution in [3.63, 3.8) is 0 Å². The molecule has 0 saturated carbocycles. The summed E-state index contributed by atoms with van der Waals surface area (Å²) in [5.74, 6) is 3.30. The third-order valence-electron chi connectivity index (χ3n) is 6.43. The minimum absolute atomic E-state index is 0.00681. The Morgan fingerprint density at radius 2 is 1.62 bits per heavy atom. The number of rotatable bonds is 9. The summed E-state index contributed by atoms with van der Waals surface area (Å²) in [7, 11) is 3.28. The van der Waals surface area contributed by atoms with E-state index in [0.29, 0.717) is 36.3 Å². The van der Waals surface area contributed by atoms with Gasteiger partial charge in [0.05, 0.1) is 20.8 Å². The average molecular weight is 463 g/mol. The lowest BCUT2D eigenvalue weighted by Gasteiger charge is -2.29. The highest BCUT2D eigenvalue weighted by Crippen LogP contribution is 2.29. The van der Waals surface area contributed by atoms with E-state index in [9.17, 15) is 4.79 Å². The minimum atomic E-state index is -0.00681. The van der Waals surface area contributed by atoms with Crippen molar-refractivity contribution in [3.8, 4) is 11.5 Å². The van der Waals surface area contributed by atoms with Crippen LogP contribution in [0.5, 0.6) is 11.5 Å². The summed E-state index contributed by atoms with van der Waals surface area (Å²) in [6.45, 7) is 5.89. The van der Waals surface area contributed by atoms with Crippen LogP contribution in [0, 0.1) is 5.92 Å². The third kappa shape index (κ3) is 6.00. The quantitative estimate of drug-likeness (QED) is 0.428. The molecule has 4 rings (SSSR count). The Labute approximate surface area is 202 Å². The molecule has 0 spiro atoms. The van der Waals surface area contributed by atoms with Crippen molar-refractivity contribution in [2.75, 3.05) is 27.3 Å². The van der Waals surface area contributed by atoms with Gasteiger partial charge >= 0.3 is 0 Å². The molecule has 0 radical (unpaired) electrons. The maximum atomic E-state index is 12.9. The Morgan fingerprint density at radius 3 is 2.32 bits per heavy atom. The van der Waals surface area contributed by atoms with Crippen molar-refractivity contribution in [2.45, 2.75) is 39.4 Å². The van der Waals surface area contributed by atoms with E-state index in [0.717, 1.165) is 43.8 Å². The summed E-state index contributed by atoms with van der Waals surface area (Å²) in [6.07, 6.45) is 2.10. The number of hydrogen-bond donors (Lipinski definition) is 0. The second-order valence-corrected chi connectivity index (χ2v) is 9.06. The number of carbonyl (C=O) groups is 1. The predicted molar refractivity (Wildman–Crippen MR) is 132 cm³/mol. The second-order valence-electron chi connectivity index (χ2n) is 9.06. The second kappa shape index (κ2) is 11.3. The van der Waals surface area contributed by atoms with Gasteiger partial charge in [-0.25, -0.2) is 0 Å². The molecule has 0 unspecified atom stereocenters. The van der Waals surface area contributed by atoms with Gasteiger partial charge in [-0.1, -0.05) is 43.3 Å². The van der Waals surface area contributed by atoms with Gasteiger partial charge in [0.15, 0.2) is 17.3 Å². The maximum absolute atomic E-state index is 12.9. The van der Waals surface area contributed by atoms with Crippen LogP contribution in [0.1, 0.15) is 47.2 Å². The van der Waals surface area contributed by atoms with Gasteiger partial charge in [-0.05, 0) is 54.2 Å². The van der Waals surface area contributed by atoms with E-state index in [1.165, 1.54) is 5.56 Å². The Morgan fingerprint density at radius 1 is 0.912 bits per heavy atom. The summed E-state index contributed by atoms with van der Waals surface area (Å²) in [5, 5.41) is 0. The van der Waals surface area contributed by atoms with Gasteiger partial charge in [-0.2, -0.15) is 0 Å². The number of nitrogens with zero attached hydrogens (tertiary/aromatic N) is 2. The first kappa shape index (κ1) is 23.9. The van der Waals surface area contributed by atoms with Crippen LogP contribution < -0.4 is 9.47 Å². The zero-order valence-electron chi connectivity index (χ0n) is 20.3. The molecule has 180 valence electrons. The van der Waals surface area contributed by atoms with Crippen molar-refractivity contribution in [2.24, 2.45) is 5.92 Å². The molecular formula is C28H34N2O4. The molecule has 0 bridgehead atoms. The molecule has 1 aromatic heterocycles. The smallest absolute Gasteiger partial charge is 0.289 e. The van der Waals surface area contributed by atoms with E-state index in [1.54, 1.807) is 14.2 Å². The fourth-order valence-corrected chi connectivity index (χ4v) is 4.41. The Kier molecular flexibility index (Phi) is 7.91. The molecular weight excluding hydrogens is 428 g/mol. The monoisotopic (exact) mass is 462 g/mol. The van der Waals surface area contributed by atoms with Crippen molar-refractivity contribution < 1.29 is 18.7 Å². The summed E-state index contributed by atoms with van der Waals surface area (Å²) < 4.78 is 16.9. The third-order valence-corrected chi connectivity index (χ3v) is 6.43. The van der Waals surface area contributed by atoms with Gasteiger partial charge in [-0.3, -0.25) is 9.69 Å². The Bertz CT molecular complexity index is 1070. The van der Waals surface area contributed by atoms with E-state index in [1.807, 2.05) is 53.4 Å². The SMILES string of the molecule is COc1ccc(CN(Cc2ccccc2)Cc2ccc(C(=O)N3CCC(C)CC3)o2)cc1OC. The molecule has 2 heterocycles. The molecule has 1 aliphatic rings. The number of methoxy groups -OCH3 is 2. The standard InChI is InChI=1S/C28H34N2O4/c1-21-13-15-30(16-14-21)28(31)26-12-10-24(34-26)20-29(18-22-7-5-4-6-8-22)19-23-9-11-25(32-2)27(17-23)33-3/h4-12,17,21H,13-16,18-20H2,1-3H3. The van der Waals surface area contributed by atoms with Crippen LogP contribution in [0.25, 0.3) is 0 Å². The maximum Gasteiger partial charge on any atom is 0.289 e. The normalized spacial score (nSPS) is 14.4. The van der Waals surface area contributed by atoms with Gasteiger partial charge in [0, 0.05) is 26.2 Å². The van der Waals surface area contributed by atoms with Gasteiger partial charge in [0.25, 0.3) is 5.91 Å². The summed E-state index contributed by atoms with van der Waals surface area (Å²) in [5.41, 5.74) is 2.33. The van der Waals surface area contributed by atoms with Crippen LogP contribution in [0.4, 0.5) is 0 Å². The molecule has 1 aliphatic heterocycles. The summed E-state index contributed by atoms with van der Waals surface area (Å²) in [4.78, 5) is 17.1. The van der Waals surface area contributed by atoms with Crippen LogP contribution in [-0.4, -0.2) is 43.0 Å².